The van der Waals surface area contributed by atoms with Gasteiger partial charge < -0.3 is 19.9 Å². The van der Waals surface area contributed by atoms with Gasteiger partial charge in [-0.1, -0.05) is 18.2 Å². The highest BCUT2D eigenvalue weighted by Crippen LogP contribution is 2.43. The van der Waals surface area contributed by atoms with Gasteiger partial charge in [-0.25, -0.2) is 0 Å². The summed E-state index contributed by atoms with van der Waals surface area (Å²) in [4.78, 5) is 18.3. The van der Waals surface area contributed by atoms with Crippen LogP contribution in [-0.4, -0.2) is 48.1 Å². The van der Waals surface area contributed by atoms with Crippen molar-refractivity contribution in [3.63, 3.8) is 0 Å². The van der Waals surface area contributed by atoms with Gasteiger partial charge in [-0.05, 0) is 50.3 Å². The molecule has 1 aromatic heterocycles. The van der Waals surface area contributed by atoms with E-state index in [2.05, 4.69) is 34.6 Å². The Morgan fingerprint density at radius 3 is 2.81 bits per heavy atom. The summed E-state index contributed by atoms with van der Waals surface area (Å²) in [5, 5.41) is 4.66. The molecule has 3 aliphatic heterocycles. The van der Waals surface area contributed by atoms with Crippen LogP contribution in [0.25, 0.3) is 10.9 Å². The summed E-state index contributed by atoms with van der Waals surface area (Å²) in [6, 6.07) is 8.56. The number of aromatic nitrogens is 1. The van der Waals surface area contributed by atoms with E-state index in [1.807, 2.05) is 4.90 Å². The van der Waals surface area contributed by atoms with Crippen LogP contribution in [0.3, 0.4) is 0 Å². The maximum absolute atomic E-state index is 12.7. The highest BCUT2D eigenvalue weighted by Gasteiger charge is 2.44. The first-order valence-electron chi connectivity index (χ1n) is 9.53. The second-order valence-electron chi connectivity index (χ2n) is 7.59. The maximum atomic E-state index is 12.7. The summed E-state index contributed by atoms with van der Waals surface area (Å²) in [6.45, 7) is 3.31. The van der Waals surface area contributed by atoms with Crippen molar-refractivity contribution in [3.05, 3.63) is 35.5 Å². The van der Waals surface area contributed by atoms with Crippen LogP contribution in [0.5, 0.6) is 0 Å². The van der Waals surface area contributed by atoms with Gasteiger partial charge in [0.1, 0.15) is 5.60 Å². The summed E-state index contributed by atoms with van der Waals surface area (Å²) in [7, 11) is 0. The van der Waals surface area contributed by atoms with Gasteiger partial charge in [-0.2, -0.15) is 0 Å². The number of rotatable bonds is 1. The van der Waals surface area contributed by atoms with Crippen LogP contribution in [0, 0.1) is 0 Å². The van der Waals surface area contributed by atoms with Gasteiger partial charge in [-0.3, -0.25) is 4.79 Å². The van der Waals surface area contributed by atoms with Crippen molar-refractivity contribution in [2.75, 3.05) is 26.2 Å². The Bertz CT molecular complexity index is 804. The quantitative estimate of drug-likeness (QED) is 0.805. The van der Waals surface area contributed by atoms with Crippen LogP contribution in [-0.2, 0) is 21.6 Å². The molecule has 1 atom stereocenters. The monoisotopic (exact) mass is 375 g/mol. The van der Waals surface area contributed by atoms with E-state index >= 15 is 0 Å². The number of benzene rings is 1. The highest BCUT2D eigenvalue weighted by atomic mass is 35.5. The molecule has 4 heterocycles. The van der Waals surface area contributed by atoms with Crippen molar-refractivity contribution in [3.8, 4) is 0 Å². The number of nitrogens with one attached hydrogen (secondary N) is 2. The predicted octanol–water partition coefficient (Wildman–Crippen LogP) is 2.73. The number of carbonyl (C=O) groups is 1. The average molecular weight is 376 g/mol. The molecule has 3 aliphatic rings. The van der Waals surface area contributed by atoms with Gasteiger partial charge in [-0.15, -0.1) is 12.4 Å². The van der Waals surface area contributed by atoms with E-state index in [4.69, 9.17) is 4.74 Å². The van der Waals surface area contributed by atoms with E-state index < -0.39 is 0 Å². The fraction of sp³-hybridized carbons (Fsp3) is 0.550. The van der Waals surface area contributed by atoms with E-state index in [1.165, 1.54) is 22.2 Å². The summed E-state index contributed by atoms with van der Waals surface area (Å²) >= 11 is 0. The molecule has 0 unspecified atom stereocenters. The van der Waals surface area contributed by atoms with Crippen LogP contribution in [0.1, 0.15) is 36.9 Å². The highest BCUT2D eigenvalue weighted by molar-refractivity contribution is 5.86. The molecular weight excluding hydrogens is 350 g/mol. The number of halogens is 1. The van der Waals surface area contributed by atoms with Gasteiger partial charge >= 0.3 is 0 Å². The van der Waals surface area contributed by atoms with Crippen molar-refractivity contribution in [2.24, 2.45) is 0 Å². The molecule has 1 spiro atoms. The summed E-state index contributed by atoms with van der Waals surface area (Å²) < 4.78 is 6.33. The van der Waals surface area contributed by atoms with Crippen molar-refractivity contribution in [1.29, 1.82) is 0 Å². The summed E-state index contributed by atoms with van der Waals surface area (Å²) in [5.74, 6) is 0.278. The van der Waals surface area contributed by atoms with Crippen LogP contribution < -0.4 is 5.32 Å². The zero-order chi connectivity index (χ0) is 16.9. The average Bonchev–Trinajstić information content (AvgIpc) is 3.31. The van der Waals surface area contributed by atoms with E-state index in [0.717, 1.165) is 58.3 Å². The number of aromatic amines is 1. The lowest BCUT2D eigenvalue weighted by molar-refractivity contribution is -0.142. The van der Waals surface area contributed by atoms with Gasteiger partial charge in [0.05, 0.1) is 18.3 Å². The minimum Gasteiger partial charge on any atom is -0.368 e. The molecule has 0 saturated carbocycles. The second-order valence-corrected chi connectivity index (χ2v) is 7.59. The molecule has 2 saturated heterocycles. The zero-order valence-corrected chi connectivity index (χ0v) is 15.7. The van der Waals surface area contributed by atoms with E-state index in [9.17, 15) is 4.79 Å². The molecule has 2 fully saturated rings. The third-order valence-corrected chi connectivity index (χ3v) is 6.24. The number of fused-ring (bicyclic) bond motifs is 4. The Kier molecular flexibility index (Phi) is 4.71. The number of hydrogen-bond donors (Lipinski definition) is 2. The first-order chi connectivity index (χ1) is 12.3. The topological polar surface area (TPSA) is 57.4 Å². The molecule has 0 aliphatic carbocycles. The van der Waals surface area contributed by atoms with Crippen LogP contribution in [0.2, 0.25) is 0 Å². The zero-order valence-electron chi connectivity index (χ0n) is 14.9. The molecule has 5 rings (SSSR count). The lowest BCUT2D eigenvalue weighted by atomic mass is 9.83. The molecule has 2 aromatic rings. The van der Waals surface area contributed by atoms with Crippen LogP contribution >= 0.6 is 12.4 Å². The molecule has 26 heavy (non-hydrogen) atoms. The number of H-pyrrole nitrogens is 1. The molecule has 140 valence electrons. The molecule has 0 bridgehead atoms. The first kappa shape index (κ1) is 17.8. The number of piperidine rings is 1. The lowest BCUT2D eigenvalue weighted by Gasteiger charge is -2.44. The summed E-state index contributed by atoms with van der Waals surface area (Å²) in [6.07, 6.45) is 4.81. The predicted molar refractivity (Wildman–Crippen MR) is 104 cm³/mol. The minimum absolute atomic E-state index is 0. The number of hydrogen-bond acceptors (Lipinski definition) is 3. The molecule has 0 radical (unpaired) electrons. The standard InChI is InChI=1S/C20H25N3O2.ClH/c24-19(17-6-3-10-21-17)23-11-8-20(9-12-23)18-15(7-13-25-20)14-4-1-2-5-16(14)22-18;/h1-2,4-5,17,21-22H,3,6-13H2;1H/t17-;/m0./s1. The van der Waals surface area contributed by atoms with E-state index in [1.54, 1.807) is 0 Å². The van der Waals surface area contributed by atoms with Gasteiger partial charge in [0, 0.05) is 24.0 Å². The largest absolute Gasteiger partial charge is 0.368 e. The lowest BCUT2D eigenvalue weighted by Crippen LogP contribution is -2.52. The Morgan fingerprint density at radius 1 is 1.23 bits per heavy atom. The Balaban J connectivity index is 0.00000168. The SMILES string of the molecule is Cl.O=C([C@@H]1CCCN1)N1CCC2(CC1)OCCc1c2[nH]c2ccccc12. The van der Waals surface area contributed by atoms with Crippen LogP contribution in [0.4, 0.5) is 0 Å². The number of nitrogens with zero attached hydrogens (tertiary/aromatic N) is 1. The van der Waals surface area contributed by atoms with Crippen molar-refractivity contribution in [1.82, 2.24) is 15.2 Å². The number of ether oxygens (including phenoxy) is 1. The van der Waals surface area contributed by atoms with Crippen LogP contribution in [0.15, 0.2) is 24.3 Å². The molecule has 6 heteroatoms. The van der Waals surface area contributed by atoms with Crippen molar-refractivity contribution >= 4 is 29.2 Å². The fourth-order valence-corrected chi connectivity index (χ4v) is 4.87. The van der Waals surface area contributed by atoms with Crippen molar-refractivity contribution in [2.45, 2.75) is 43.7 Å². The van der Waals surface area contributed by atoms with E-state index in [0.29, 0.717) is 0 Å². The Hall–Kier alpha value is -1.56. The second kappa shape index (κ2) is 6.87. The summed E-state index contributed by atoms with van der Waals surface area (Å²) in [5.41, 5.74) is 3.63. The normalized spacial score (nSPS) is 24.5. The Morgan fingerprint density at radius 2 is 2.04 bits per heavy atom. The maximum Gasteiger partial charge on any atom is 0.239 e. The smallest absolute Gasteiger partial charge is 0.239 e. The van der Waals surface area contributed by atoms with Gasteiger partial charge in [0.15, 0.2) is 0 Å². The van der Waals surface area contributed by atoms with Gasteiger partial charge in [0.2, 0.25) is 5.91 Å². The minimum atomic E-state index is -0.244. The third-order valence-electron chi connectivity index (χ3n) is 6.24. The molecule has 1 amide bonds. The molecule has 5 nitrogen and oxygen atoms in total. The first-order valence-corrected chi connectivity index (χ1v) is 9.53. The number of likely N-dealkylation sites (tertiary alicyclic amines) is 1. The fourth-order valence-electron chi connectivity index (χ4n) is 4.87. The number of amides is 1. The molecule has 1 aromatic carbocycles. The van der Waals surface area contributed by atoms with Crippen molar-refractivity contribution < 1.29 is 9.53 Å². The van der Waals surface area contributed by atoms with E-state index in [-0.39, 0.29) is 30.0 Å². The number of para-hydroxylation sites is 1. The molecular formula is C20H26ClN3O2. The molecule has 2 N–H and O–H groups in total. The van der Waals surface area contributed by atoms with Gasteiger partial charge in [0.25, 0.3) is 0 Å². The number of carbonyl (C=O) groups excluding carboxylic acids is 1. The Labute approximate surface area is 159 Å². The third kappa shape index (κ3) is 2.73.